The molecule has 1 aromatic carbocycles. The highest BCUT2D eigenvalue weighted by Crippen LogP contribution is 2.40. The highest BCUT2D eigenvalue weighted by molar-refractivity contribution is 5.74. The fourth-order valence-corrected chi connectivity index (χ4v) is 11.7. The average molecular weight is 881 g/mol. The van der Waals surface area contributed by atoms with Gasteiger partial charge in [-0.1, -0.05) is 191 Å². The molecule has 1 fully saturated rings. The molecule has 0 aliphatic heterocycles. The van der Waals surface area contributed by atoms with Gasteiger partial charge < -0.3 is 9.80 Å². The van der Waals surface area contributed by atoms with Gasteiger partial charge in [-0.25, -0.2) is 0 Å². The van der Waals surface area contributed by atoms with Crippen LogP contribution in [-0.2, 0) is 6.42 Å². The van der Waals surface area contributed by atoms with Gasteiger partial charge in [-0.05, 0) is 169 Å². The van der Waals surface area contributed by atoms with Crippen LogP contribution in [0.3, 0.4) is 0 Å². The van der Waals surface area contributed by atoms with Gasteiger partial charge in [-0.2, -0.15) is 0 Å². The Hall–Kier alpha value is -6.12. The highest BCUT2D eigenvalue weighted by Gasteiger charge is 2.31. The molecule has 0 heterocycles. The van der Waals surface area contributed by atoms with E-state index in [0.29, 0.717) is 24.0 Å². The first kappa shape index (κ1) is 46.0. The molecule has 67 heavy (non-hydrogen) atoms. The van der Waals surface area contributed by atoms with E-state index in [1.54, 1.807) is 5.57 Å². The Bertz CT molecular complexity index is 2540. The largest absolute Gasteiger partial charge is 0.361 e. The van der Waals surface area contributed by atoms with Gasteiger partial charge in [0.2, 0.25) is 0 Å². The second-order valence-corrected chi connectivity index (χ2v) is 19.6. The SMILES string of the molecule is C=CC=CC=CN(C1=CC=C(C2=CC=C(N(C3C=CC(C4=CCC(Cc5ccc(C(C=C)=CC=C)cc5)C=C4)=CC3)C3C=CC(C4CCCCC4)=CC3)CC2)CC1)C1CC=CC2=C1C=CCC2. The zero-order valence-corrected chi connectivity index (χ0v) is 40.0. The van der Waals surface area contributed by atoms with Crippen molar-refractivity contribution in [2.75, 3.05) is 0 Å². The van der Waals surface area contributed by atoms with Crippen LogP contribution in [0.4, 0.5) is 0 Å². The summed E-state index contributed by atoms with van der Waals surface area (Å²) in [6.45, 7) is 11.7. The summed E-state index contributed by atoms with van der Waals surface area (Å²) < 4.78 is 0. The van der Waals surface area contributed by atoms with E-state index in [1.807, 2.05) is 30.4 Å². The van der Waals surface area contributed by atoms with Crippen molar-refractivity contribution in [2.45, 2.75) is 121 Å². The number of hydrogen-bond donors (Lipinski definition) is 0. The van der Waals surface area contributed by atoms with Crippen molar-refractivity contribution in [2.24, 2.45) is 11.8 Å². The molecule has 4 atom stereocenters. The predicted octanol–water partition coefficient (Wildman–Crippen LogP) is 16.6. The topological polar surface area (TPSA) is 6.48 Å². The Morgan fingerprint density at radius 3 is 2.00 bits per heavy atom. The Labute approximate surface area is 403 Å². The molecule has 0 saturated heterocycles. The molecule has 1 saturated carbocycles. The molecule has 2 heteroatoms. The quantitative estimate of drug-likeness (QED) is 0.153. The minimum Gasteiger partial charge on any atom is -0.361 e. The molecular weight excluding hydrogens is 809 g/mol. The maximum absolute atomic E-state index is 3.97. The summed E-state index contributed by atoms with van der Waals surface area (Å²) in [6.07, 6.45) is 76.5. The monoisotopic (exact) mass is 881 g/mol. The van der Waals surface area contributed by atoms with Crippen molar-refractivity contribution in [3.8, 4) is 0 Å². The van der Waals surface area contributed by atoms with Crippen LogP contribution in [0.1, 0.15) is 107 Å². The summed E-state index contributed by atoms with van der Waals surface area (Å²) in [7, 11) is 0. The molecule has 4 unspecified atom stereocenters. The molecule has 0 amide bonds. The number of benzene rings is 1. The number of nitrogens with zero attached hydrogens (tertiary/aromatic N) is 2. The van der Waals surface area contributed by atoms with Gasteiger partial charge in [0.1, 0.15) is 0 Å². The van der Waals surface area contributed by atoms with Gasteiger partial charge in [0.05, 0.1) is 18.1 Å². The number of hydrogen-bond acceptors (Lipinski definition) is 2. The van der Waals surface area contributed by atoms with E-state index in [9.17, 15) is 0 Å². The van der Waals surface area contributed by atoms with E-state index >= 15 is 0 Å². The summed E-state index contributed by atoms with van der Waals surface area (Å²) >= 11 is 0. The Balaban J connectivity index is 0.895. The third-order valence-corrected chi connectivity index (χ3v) is 15.4. The highest BCUT2D eigenvalue weighted by atomic mass is 15.2. The van der Waals surface area contributed by atoms with Gasteiger partial charge >= 0.3 is 0 Å². The van der Waals surface area contributed by atoms with E-state index in [-0.39, 0.29) is 0 Å². The molecule has 0 N–H and O–H groups in total. The molecule has 0 radical (unpaired) electrons. The summed E-state index contributed by atoms with van der Waals surface area (Å²) in [5, 5.41) is 0. The lowest BCUT2D eigenvalue weighted by molar-refractivity contribution is 0.234. The molecule has 1 aromatic rings. The second-order valence-electron chi connectivity index (χ2n) is 19.6. The zero-order chi connectivity index (χ0) is 45.8. The van der Waals surface area contributed by atoms with Crippen LogP contribution in [0.25, 0.3) is 5.57 Å². The molecule has 0 spiro atoms. The Morgan fingerprint density at radius 2 is 1.36 bits per heavy atom. The minimum atomic E-state index is 0.332. The first-order valence-electron chi connectivity index (χ1n) is 25.7. The summed E-state index contributed by atoms with van der Waals surface area (Å²) in [5.41, 5.74) is 16.9. The van der Waals surface area contributed by atoms with Crippen molar-refractivity contribution in [1.29, 1.82) is 0 Å². The lowest BCUT2D eigenvalue weighted by atomic mass is 9.81. The fraction of sp³-hybridized carbons (Fsp3) is 0.323. The molecule has 9 rings (SSSR count). The molecule has 0 aromatic heterocycles. The first-order valence-corrected chi connectivity index (χ1v) is 25.7. The lowest BCUT2D eigenvalue weighted by Crippen LogP contribution is -2.42. The van der Waals surface area contributed by atoms with Crippen molar-refractivity contribution >= 4 is 5.57 Å². The maximum atomic E-state index is 3.97. The van der Waals surface area contributed by atoms with Gasteiger partial charge in [-0.3, -0.25) is 0 Å². The minimum absolute atomic E-state index is 0.332. The fourth-order valence-electron chi connectivity index (χ4n) is 11.7. The van der Waals surface area contributed by atoms with Crippen LogP contribution in [0.15, 0.2) is 246 Å². The number of allylic oxidation sites excluding steroid dienone is 27. The zero-order valence-electron chi connectivity index (χ0n) is 40.0. The summed E-state index contributed by atoms with van der Waals surface area (Å²) in [5.74, 6) is 1.26. The standard InChI is InChI=1S/C65H72N2/c1-4-7-8-14-47-66(65-22-15-20-59-19-12-13-21-64(59)65)60-39-31-56(32-40-60)58-37-45-63(46-38-58)67(61-41-33-55(34-42-61)52-17-10-9-11-18-52)62-43-35-57(36-44-62)54-29-25-50(26-30-54)48-49-23-27-53(28-24-49)51(6-3)16-5-2/h4-8,13-16,20-21,23-25,27-31,33-37,39,41,43,45,47,50,52,61-62,65H,1-3,9-12,17-19,22,26,32,38,40,42,44,46,48H2. The van der Waals surface area contributed by atoms with E-state index in [1.165, 1.54) is 88.1 Å². The molecule has 342 valence electrons. The van der Waals surface area contributed by atoms with Crippen molar-refractivity contribution < 1.29 is 0 Å². The third kappa shape index (κ3) is 11.2. The third-order valence-electron chi connectivity index (χ3n) is 15.4. The van der Waals surface area contributed by atoms with Gasteiger partial charge in [-0.15, -0.1) is 0 Å². The number of rotatable bonds is 16. The molecule has 8 aliphatic rings. The van der Waals surface area contributed by atoms with Crippen LogP contribution < -0.4 is 0 Å². The van der Waals surface area contributed by atoms with Crippen LogP contribution in [0.5, 0.6) is 0 Å². The Kier molecular flexibility index (Phi) is 15.5. The molecule has 2 nitrogen and oxygen atoms in total. The molecule has 0 bridgehead atoms. The van der Waals surface area contributed by atoms with Crippen molar-refractivity contribution in [3.05, 3.63) is 258 Å². The predicted molar refractivity (Wildman–Crippen MR) is 288 cm³/mol. The van der Waals surface area contributed by atoms with Crippen LogP contribution in [0.2, 0.25) is 0 Å². The van der Waals surface area contributed by atoms with E-state index in [0.717, 1.165) is 82.1 Å². The first-order chi connectivity index (χ1) is 33.1. The van der Waals surface area contributed by atoms with Crippen LogP contribution in [0, 0.1) is 11.8 Å². The molecular formula is C65H72N2. The van der Waals surface area contributed by atoms with Crippen molar-refractivity contribution in [3.63, 3.8) is 0 Å². The summed E-state index contributed by atoms with van der Waals surface area (Å²) in [6, 6.07) is 9.99. The van der Waals surface area contributed by atoms with E-state index < -0.39 is 0 Å². The smallest absolute Gasteiger partial charge is 0.0619 e. The van der Waals surface area contributed by atoms with Crippen LogP contribution in [-0.4, -0.2) is 27.9 Å². The van der Waals surface area contributed by atoms with Gasteiger partial charge in [0.25, 0.3) is 0 Å². The normalized spacial score (nSPS) is 25.4. The van der Waals surface area contributed by atoms with Gasteiger partial charge in [0, 0.05) is 17.6 Å². The molecule has 8 aliphatic carbocycles. The average Bonchev–Trinajstić information content (AvgIpc) is 3.39. The Morgan fingerprint density at radius 1 is 0.627 bits per heavy atom. The second kappa shape index (κ2) is 22.6. The van der Waals surface area contributed by atoms with Crippen molar-refractivity contribution in [1.82, 2.24) is 9.80 Å². The van der Waals surface area contributed by atoms with Gasteiger partial charge in [0.15, 0.2) is 0 Å². The maximum Gasteiger partial charge on any atom is 0.0619 e. The van der Waals surface area contributed by atoms with E-state index in [2.05, 4.69) is 175 Å². The summed E-state index contributed by atoms with van der Waals surface area (Å²) in [4.78, 5) is 5.34. The lowest BCUT2D eigenvalue weighted by Gasteiger charge is -2.42. The van der Waals surface area contributed by atoms with E-state index in [4.69, 9.17) is 0 Å². The van der Waals surface area contributed by atoms with Crippen LogP contribution >= 0.6 is 0 Å².